The molecule has 1 atom stereocenters. The number of H-pyrrole nitrogens is 2. The highest BCUT2D eigenvalue weighted by atomic mass is 15.4. The van der Waals surface area contributed by atoms with E-state index in [0.29, 0.717) is 5.92 Å². The molecule has 3 aromatic rings. The van der Waals surface area contributed by atoms with E-state index >= 15 is 0 Å². The first-order valence-electron chi connectivity index (χ1n) is 7.93. The Kier molecular flexibility index (Phi) is 4.02. The Morgan fingerprint density at radius 2 is 1.87 bits per heavy atom. The first kappa shape index (κ1) is 15.5. The van der Waals surface area contributed by atoms with Crippen molar-refractivity contribution in [3.63, 3.8) is 0 Å². The number of nitrogens with one attached hydrogen (secondary N) is 2. The molecule has 0 aliphatic carbocycles. The summed E-state index contributed by atoms with van der Waals surface area (Å²) in [7, 11) is 0. The summed E-state index contributed by atoms with van der Waals surface area (Å²) >= 11 is 0. The summed E-state index contributed by atoms with van der Waals surface area (Å²) in [5.41, 5.74) is 5.95. The van der Waals surface area contributed by atoms with Crippen LogP contribution in [0, 0.1) is 19.8 Å². The normalized spacial score (nSPS) is 13.0. The highest BCUT2D eigenvalue weighted by molar-refractivity contribution is 5.52. The lowest BCUT2D eigenvalue weighted by Crippen LogP contribution is -2.09. The highest BCUT2D eigenvalue weighted by Gasteiger charge is 2.18. The minimum absolute atomic E-state index is 0.0732. The van der Waals surface area contributed by atoms with Crippen molar-refractivity contribution in [3.8, 4) is 11.4 Å². The topological polar surface area (TPSA) is 88.1 Å². The first-order chi connectivity index (χ1) is 11.0. The third-order valence-electron chi connectivity index (χ3n) is 4.03. The van der Waals surface area contributed by atoms with Crippen molar-refractivity contribution in [1.29, 1.82) is 0 Å². The summed E-state index contributed by atoms with van der Waals surface area (Å²) in [6.45, 7) is 10.5. The molecule has 0 spiro atoms. The van der Waals surface area contributed by atoms with E-state index in [2.05, 4.69) is 51.5 Å². The van der Waals surface area contributed by atoms with Gasteiger partial charge in [0.2, 0.25) is 0 Å². The minimum atomic E-state index is 0.0732. The standard InChI is InChI=1S/C16H23N7/c1-9(2)6-13-7-14(20-19-13)15-8-23(22-21-15)12(5)16-10(3)17-18-11(16)4/h7-9,12H,6H2,1-5H3,(H,17,18)(H,19,20)/t12-/m0/s1. The molecule has 3 rings (SSSR count). The van der Waals surface area contributed by atoms with Crippen LogP contribution in [0.4, 0.5) is 0 Å². The van der Waals surface area contributed by atoms with Crippen molar-refractivity contribution in [2.75, 3.05) is 0 Å². The first-order valence-corrected chi connectivity index (χ1v) is 7.93. The highest BCUT2D eigenvalue weighted by Crippen LogP contribution is 2.24. The van der Waals surface area contributed by atoms with Crippen LogP contribution in [0.2, 0.25) is 0 Å². The predicted molar refractivity (Wildman–Crippen MR) is 88.0 cm³/mol. The van der Waals surface area contributed by atoms with Gasteiger partial charge in [0.25, 0.3) is 0 Å². The third kappa shape index (κ3) is 3.04. The zero-order valence-corrected chi connectivity index (χ0v) is 14.3. The molecular formula is C16H23N7. The Morgan fingerprint density at radius 3 is 2.52 bits per heavy atom. The maximum Gasteiger partial charge on any atom is 0.133 e. The second-order valence-corrected chi connectivity index (χ2v) is 6.48. The molecule has 0 bridgehead atoms. The number of hydrogen-bond donors (Lipinski definition) is 2. The lowest BCUT2D eigenvalue weighted by Gasteiger charge is -2.11. The van der Waals surface area contributed by atoms with Gasteiger partial charge in [0.05, 0.1) is 17.9 Å². The minimum Gasteiger partial charge on any atom is -0.282 e. The molecule has 7 nitrogen and oxygen atoms in total. The van der Waals surface area contributed by atoms with E-state index in [1.807, 2.05) is 30.8 Å². The van der Waals surface area contributed by atoms with Gasteiger partial charge in [0.15, 0.2) is 0 Å². The van der Waals surface area contributed by atoms with E-state index < -0.39 is 0 Å². The van der Waals surface area contributed by atoms with Gasteiger partial charge in [-0.2, -0.15) is 10.2 Å². The molecule has 0 aliphatic heterocycles. The van der Waals surface area contributed by atoms with Crippen LogP contribution in [-0.2, 0) is 6.42 Å². The van der Waals surface area contributed by atoms with E-state index in [9.17, 15) is 0 Å². The Hall–Kier alpha value is -2.44. The van der Waals surface area contributed by atoms with Crippen LogP contribution in [-0.4, -0.2) is 35.4 Å². The Bertz CT molecular complexity index is 774. The van der Waals surface area contributed by atoms with Crippen molar-refractivity contribution in [1.82, 2.24) is 35.4 Å². The SMILES string of the molecule is Cc1n[nH]c(C)c1[C@H](C)n1cc(-c2cc(CC(C)C)[nH]n2)nn1. The van der Waals surface area contributed by atoms with Gasteiger partial charge >= 0.3 is 0 Å². The van der Waals surface area contributed by atoms with Crippen molar-refractivity contribution >= 4 is 0 Å². The van der Waals surface area contributed by atoms with Gasteiger partial charge in [-0.05, 0) is 39.2 Å². The van der Waals surface area contributed by atoms with Crippen LogP contribution in [0.25, 0.3) is 11.4 Å². The monoisotopic (exact) mass is 313 g/mol. The van der Waals surface area contributed by atoms with Crippen molar-refractivity contribution in [2.24, 2.45) is 5.92 Å². The molecule has 23 heavy (non-hydrogen) atoms. The molecule has 2 N–H and O–H groups in total. The van der Waals surface area contributed by atoms with Gasteiger partial charge in [0.1, 0.15) is 11.4 Å². The zero-order chi connectivity index (χ0) is 16.6. The molecule has 3 heterocycles. The Labute approximate surface area is 135 Å². The van der Waals surface area contributed by atoms with Gasteiger partial charge in [-0.15, -0.1) is 5.10 Å². The summed E-state index contributed by atoms with van der Waals surface area (Å²) in [6, 6.07) is 2.12. The summed E-state index contributed by atoms with van der Waals surface area (Å²) in [5, 5.41) is 23.2. The number of hydrogen-bond acceptors (Lipinski definition) is 4. The molecule has 3 aromatic heterocycles. The zero-order valence-electron chi connectivity index (χ0n) is 14.3. The molecule has 0 amide bonds. The largest absolute Gasteiger partial charge is 0.282 e. The van der Waals surface area contributed by atoms with E-state index in [1.165, 1.54) is 0 Å². The number of aryl methyl sites for hydroxylation is 2. The number of nitrogens with zero attached hydrogens (tertiary/aromatic N) is 5. The van der Waals surface area contributed by atoms with E-state index in [0.717, 1.165) is 40.5 Å². The molecule has 0 saturated heterocycles. The Morgan fingerprint density at radius 1 is 1.09 bits per heavy atom. The molecule has 0 aromatic carbocycles. The number of rotatable bonds is 5. The van der Waals surface area contributed by atoms with Gasteiger partial charge in [-0.3, -0.25) is 10.2 Å². The van der Waals surface area contributed by atoms with Crippen molar-refractivity contribution < 1.29 is 0 Å². The second kappa shape index (κ2) is 5.98. The quantitative estimate of drug-likeness (QED) is 0.758. The fraction of sp³-hybridized carbons (Fsp3) is 0.500. The predicted octanol–water partition coefficient (Wildman–Crippen LogP) is 2.82. The summed E-state index contributed by atoms with van der Waals surface area (Å²) < 4.78 is 1.86. The maximum atomic E-state index is 4.35. The molecule has 0 saturated carbocycles. The lowest BCUT2D eigenvalue weighted by atomic mass is 10.1. The van der Waals surface area contributed by atoms with E-state index in [1.54, 1.807) is 0 Å². The van der Waals surface area contributed by atoms with Gasteiger partial charge in [-0.1, -0.05) is 19.1 Å². The van der Waals surface area contributed by atoms with Gasteiger partial charge < -0.3 is 0 Å². The van der Waals surface area contributed by atoms with Crippen LogP contribution in [0.5, 0.6) is 0 Å². The van der Waals surface area contributed by atoms with E-state index in [-0.39, 0.29) is 6.04 Å². The smallest absolute Gasteiger partial charge is 0.133 e. The average Bonchev–Trinajstić information content (AvgIpc) is 3.18. The maximum absolute atomic E-state index is 4.35. The van der Waals surface area contributed by atoms with Crippen molar-refractivity contribution in [2.45, 2.75) is 47.1 Å². The summed E-state index contributed by atoms with van der Waals surface area (Å²) in [4.78, 5) is 0. The van der Waals surface area contributed by atoms with Crippen LogP contribution in [0.15, 0.2) is 12.3 Å². The van der Waals surface area contributed by atoms with Crippen LogP contribution >= 0.6 is 0 Å². The molecular weight excluding hydrogens is 290 g/mol. The summed E-state index contributed by atoms with van der Waals surface area (Å²) in [6.07, 6.45) is 2.91. The molecule has 0 aliphatic rings. The molecule has 7 heteroatoms. The number of aromatic amines is 2. The molecule has 0 unspecified atom stereocenters. The van der Waals surface area contributed by atoms with Gasteiger partial charge in [0, 0.05) is 17.0 Å². The lowest BCUT2D eigenvalue weighted by molar-refractivity contribution is 0.539. The van der Waals surface area contributed by atoms with Gasteiger partial charge in [-0.25, -0.2) is 4.68 Å². The second-order valence-electron chi connectivity index (χ2n) is 6.48. The van der Waals surface area contributed by atoms with Crippen LogP contribution in [0.1, 0.15) is 49.5 Å². The average molecular weight is 313 g/mol. The third-order valence-corrected chi connectivity index (χ3v) is 4.03. The van der Waals surface area contributed by atoms with Crippen LogP contribution < -0.4 is 0 Å². The molecule has 0 radical (unpaired) electrons. The fourth-order valence-corrected chi connectivity index (χ4v) is 2.93. The molecule has 0 fully saturated rings. The number of aromatic nitrogens is 7. The Balaban J connectivity index is 1.84. The fourth-order valence-electron chi connectivity index (χ4n) is 2.93. The van der Waals surface area contributed by atoms with E-state index in [4.69, 9.17) is 0 Å². The molecule has 122 valence electrons. The summed E-state index contributed by atoms with van der Waals surface area (Å²) in [5.74, 6) is 0.589. The van der Waals surface area contributed by atoms with Crippen molar-refractivity contribution in [3.05, 3.63) is 34.9 Å². The van der Waals surface area contributed by atoms with Crippen LogP contribution in [0.3, 0.4) is 0 Å².